The molecule has 0 atom stereocenters. The Morgan fingerprint density at radius 2 is 1.88 bits per heavy atom. The lowest BCUT2D eigenvalue weighted by molar-refractivity contribution is 0.0948. The number of aryl methyl sites for hydroxylation is 1. The van der Waals surface area contributed by atoms with Gasteiger partial charge in [-0.3, -0.25) is 9.78 Å². The Hall–Kier alpha value is -2.36. The lowest BCUT2D eigenvalue weighted by atomic mass is 9.95. The normalized spacial score (nSPS) is 14.9. The summed E-state index contributed by atoms with van der Waals surface area (Å²) in [5, 5.41) is 6.52. The molecule has 4 nitrogen and oxygen atoms in total. The van der Waals surface area contributed by atoms with Crippen LogP contribution in [0.1, 0.15) is 54.6 Å². The highest BCUT2D eigenvalue weighted by Crippen LogP contribution is 2.21. The molecule has 3 rings (SSSR count). The van der Waals surface area contributed by atoms with Crippen LogP contribution in [0.4, 0.5) is 5.69 Å². The van der Waals surface area contributed by atoms with Gasteiger partial charge in [-0.15, -0.1) is 0 Å². The molecule has 4 heteroatoms. The first-order chi connectivity index (χ1) is 12.3. The van der Waals surface area contributed by atoms with Crippen molar-refractivity contribution in [2.24, 2.45) is 0 Å². The van der Waals surface area contributed by atoms with E-state index in [-0.39, 0.29) is 5.91 Å². The van der Waals surface area contributed by atoms with Crippen LogP contribution in [0.2, 0.25) is 0 Å². The van der Waals surface area contributed by atoms with Crippen LogP contribution in [-0.2, 0) is 6.42 Å². The van der Waals surface area contributed by atoms with Crippen molar-refractivity contribution in [2.45, 2.75) is 51.0 Å². The third-order valence-electron chi connectivity index (χ3n) is 4.74. The Kier molecular flexibility index (Phi) is 6.43. The van der Waals surface area contributed by atoms with E-state index in [1.54, 1.807) is 6.20 Å². The molecule has 0 radical (unpaired) electrons. The van der Waals surface area contributed by atoms with Crippen molar-refractivity contribution in [2.75, 3.05) is 11.9 Å². The number of hydrogen-bond acceptors (Lipinski definition) is 3. The molecule has 2 N–H and O–H groups in total. The zero-order chi connectivity index (χ0) is 17.3. The van der Waals surface area contributed by atoms with E-state index in [9.17, 15) is 4.79 Å². The summed E-state index contributed by atoms with van der Waals surface area (Å²) in [6, 6.07) is 14.7. The summed E-state index contributed by atoms with van der Waals surface area (Å²) in [5.74, 6) is -0.0969. The molecule has 132 valence electrons. The number of carbonyl (C=O) groups is 1. The largest absolute Gasteiger partial charge is 0.382 e. The zero-order valence-electron chi connectivity index (χ0n) is 14.7. The van der Waals surface area contributed by atoms with E-state index in [0.717, 1.165) is 18.5 Å². The second-order valence-electron chi connectivity index (χ2n) is 6.75. The maximum Gasteiger partial charge on any atom is 0.269 e. The van der Waals surface area contributed by atoms with Crippen molar-refractivity contribution in [1.29, 1.82) is 0 Å². The molecule has 1 aromatic carbocycles. The minimum atomic E-state index is -0.0969. The molecule has 0 unspecified atom stereocenters. The van der Waals surface area contributed by atoms with Gasteiger partial charge in [0.25, 0.3) is 5.91 Å². The summed E-state index contributed by atoms with van der Waals surface area (Å²) >= 11 is 0. The highest BCUT2D eigenvalue weighted by atomic mass is 16.1. The molecule has 2 aromatic rings. The first-order valence-corrected chi connectivity index (χ1v) is 9.36. The van der Waals surface area contributed by atoms with E-state index in [4.69, 9.17) is 0 Å². The van der Waals surface area contributed by atoms with Crippen molar-refractivity contribution >= 4 is 11.6 Å². The molecule has 1 fully saturated rings. The number of rotatable bonds is 7. The van der Waals surface area contributed by atoms with Gasteiger partial charge in [0.2, 0.25) is 0 Å². The Bertz CT molecular complexity index is 666. The molecule has 25 heavy (non-hydrogen) atoms. The quantitative estimate of drug-likeness (QED) is 0.745. The van der Waals surface area contributed by atoms with Gasteiger partial charge in [0.05, 0.1) is 0 Å². The topological polar surface area (TPSA) is 54.0 Å². The number of carbonyl (C=O) groups excluding carboxylic acids is 1. The van der Waals surface area contributed by atoms with E-state index in [1.165, 1.54) is 37.7 Å². The lowest BCUT2D eigenvalue weighted by Gasteiger charge is -2.23. The first-order valence-electron chi connectivity index (χ1n) is 9.36. The van der Waals surface area contributed by atoms with Crippen LogP contribution in [0.3, 0.4) is 0 Å². The van der Waals surface area contributed by atoms with Gasteiger partial charge < -0.3 is 10.6 Å². The van der Waals surface area contributed by atoms with E-state index in [2.05, 4.69) is 27.8 Å². The summed E-state index contributed by atoms with van der Waals surface area (Å²) in [5.41, 5.74) is 2.78. The van der Waals surface area contributed by atoms with Gasteiger partial charge in [0.1, 0.15) is 5.69 Å². The van der Waals surface area contributed by atoms with Gasteiger partial charge >= 0.3 is 0 Å². The fourth-order valence-electron chi connectivity index (χ4n) is 3.36. The second-order valence-corrected chi connectivity index (χ2v) is 6.75. The van der Waals surface area contributed by atoms with Crippen molar-refractivity contribution in [1.82, 2.24) is 10.3 Å². The average molecular weight is 337 g/mol. The minimum Gasteiger partial charge on any atom is -0.382 e. The molecule has 0 spiro atoms. The molecule has 1 aliphatic rings. The van der Waals surface area contributed by atoms with Gasteiger partial charge in [-0.2, -0.15) is 0 Å². The lowest BCUT2D eigenvalue weighted by Crippen LogP contribution is -2.26. The van der Waals surface area contributed by atoms with Crippen molar-refractivity contribution in [3.63, 3.8) is 0 Å². The van der Waals surface area contributed by atoms with Crippen LogP contribution >= 0.6 is 0 Å². The van der Waals surface area contributed by atoms with E-state index in [1.807, 2.05) is 30.3 Å². The zero-order valence-corrected chi connectivity index (χ0v) is 14.7. The number of nitrogens with one attached hydrogen (secondary N) is 2. The highest BCUT2D eigenvalue weighted by molar-refractivity contribution is 5.93. The molecular formula is C21H27N3O. The number of nitrogens with zero attached hydrogens (tertiary/aromatic N) is 1. The van der Waals surface area contributed by atoms with Crippen LogP contribution in [0.25, 0.3) is 0 Å². The Labute approximate surface area is 150 Å². The van der Waals surface area contributed by atoms with E-state index < -0.39 is 0 Å². The Balaban J connectivity index is 1.45. The third-order valence-corrected chi connectivity index (χ3v) is 4.74. The number of anilines is 1. The maximum absolute atomic E-state index is 12.3. The average Bonchev–Trinajstić information content (AvgIpc) is 2.67. The minimum absolute atomic E-state index is 0.0969. The molecule has 1 heterocycles. The van der Waals surface area contributed by atoms with Gasteiger partial charge in [-0.25, -0.2) is 0 Å². The molecule has 0 bridgehead atoms. The summed E-state index contributed by atoms with van der Waals surface area (Å²) in [7, 11) is 0. The Morgan fingerprint density at radius 1 is 1.08 bits per heavy atom. The van der Waals surface area contributed by atoms with Crippen LogP contribution in [0.15, 0.2) is 48.7 Å². The monoisotopic (exact) mass is 337 g/mol. The number of amides is 1. The summed E-state index contributed by atoms with van der Waals surface area (Å²) < 4.78 is 0. The number of hydrogen-bond donors (Lipinski definition) is 2. The molecule has 1 saturated carbocycles. The van der Waals surface area contributed by atoms with Crippen molar-refractivity contribution in [3.05, 3.63) is 59.9 Å². The molecule has 1 amide bonds. The Morgan fingerprint density at radius 3 is 2.68 bits per heavy atom. The summed E-state index contributed by atoms with van der Waals surface area (Å²) in [4.78, 5) is 16.5. The van der Waals surface area contributed by atoms with Crippen LogP contribution in [0.5, 0.6) is 0 Å². The van der Waals surface area contributed by atoms with E-state index >= 15 is 0 Å². The van der Waals surface area contributed by atoms with Gasteiger partial charge in [0, 0.05) is 24.5 Å². The van der Waals surface area contributed by atoms with Crippen molar-refractivity contribution in [3.8, 4) is 0 Å². The van der Waals surface area contributed by atoms with Crippen LogP contribution in [0, 0.1) is 0 Å². The summed E-state index contributed by atoms with van der Waals surface area (Å²) in [6.07, 6.45) is 9.95. The second kappa shape index (κ2) is 9.21. The molecule has 1 aromatic heterocycles. The summed E-state index contributed by atoms with van der Waals surface area (Å²) in [6.45, 7) is 0.662. The van der Waals surface area contributed by atoms with E-state index in [0.29, 0.717) is 18.3 Å². The number of benzene rings is 1. The van der Waals surface area contributed by atoms with Crippen LogP contribution < -0.4 is 10.6 Å². The third kappa shape index (κ3) is 5.59. The molecule has 0 saturated heterocycles. The van der Waals surface area contributed by atoms with Gasteiger partial charge in [-0.1, -0.05) is 49.6 Å². The molecule has 1 aliphatic carbocycles. The predicted molar refractivity (Wildman–Crippen MR) is 102 cm³/mol. The smallest absolute Gasteiger partial charge is 0.269 e. The van der Waals surface area contributed by atoms with Crippen LogP contribution in [-0.4, -0.2) is 23.5 Å². The first kappa shape index (κ1) is 17.5. The van der Waals surface area contributed by atoms with Crippen molar-refractivity contribution < 1.29 is 4.79 Å². The predicted octanol–water partition coefficient (Wildman–Crippen LogP) is 4.19. The van der Waals surface area contributed by atoms with Gasteiger partial charge in [-0.05, 0) is 43.4 Å². The number of pyridine rings is 1. The van der Waals surface area contributed by atoms with Gasteiger partial charge in [0.15, 0.2) is 0 Å². The fourth-order valence-corrected chi connectivity index (χ4v) is 3.36. The molecular weight excluding hydrogens is 310 g/mol. The number of aromatic nitrogens is 1. The fraction of sp³-hybridized carbons (Fsp3) is 0.429. The maximum atomic E-state index is 12.3. The standard InChI is InChI=1S/C21H27N3O/c25-21(23-14-7-10-17-8-3-1-4-9-17)20-16-19(13-15-22-20)24-18-11-5-2-6-12-18/h1,3-4,8-9,13,15-16,18H,2,5-7,10-12,14H2,(H,22,24)(H,23,25). The highest BCUT2D eigenvalue weighted by Gasteiger charge is 2.14. The SMILES string of the molecule is O=C(NCCCc1ccccc1)c1cc(NC2CCCCC2)ccn1. The molecule has 0 aliphatic heterocycles.